The number of aromatic nitrogens is 5. The Morgan fingerprint density at radius 2 is 1.93 bits per heavy atom. The van der Waals surface area contributed by atoms with Crippen LogP contribution >= 0.6 is 0 Å². The molecule has 0 amide bonds. The van der Waals surface area contributed by atoms with E-state index in [9.17, 15) is 5.11 Å². The summed E-state index contributed by atoms with van der Waals surface area (Å²) in [5, 5.41) is 15.6. The van der Waals surface area contributed by atoms with Crippen LogP contribution in [0.1, 0.15) is 17.0 Å². The molecule has 0 saturated carbocycles. The quantitative estimate of drug-likeness (QED) is 0.531. The Hall–Kier alpha value is -3.61. The van der Waals surface area contributed by atoms with Crippen molar-refractivity contribution in [3.05, 3.63) is 66.0 Å². The summed E-state index contributed by atoms with van der Waals surface area (Å²) in [4.78, 5) is 9.32. The molecule has 0 aliphatic rings. The Morgan fingerprint density at radius 1 is 1.07 bits per heavy atom. The van der Waals surface area contributed by atoms with E-state index >= 15 is 0 Å². The highest BCUT2D eigenvalue weighted by Crippen LogP contribution is 2.31. The van der Waals surface area contributed by atoms with Gasteiger partial charge in [-0.25, -0.2) is 14.5 Å². The molecular weight excluding hydrogens is 342 g/mol. The van der Waals surface area contributed by atoms with Crippen molar-refractivity contribution in [3.63, 3.8) is 0 Å². The number of nitrogens with zero attached hydrogens (tertiary/aromatic N) is 5. The summed E-state index contributed by atoms with van der Waals surface area (Å²) in [7, 11) is 0. The molecule has 1 N–H and O–H groups in total. The molecule has 5 rings (SSSR count). The molecule has 1 aromatic carbocycles. The first-order chi connectivity index (χ1) is 13.1. The number of hydrogen-bond acceptors (Lipinski definition) is 5. The molecule has 5 aromatic rings. The lowest BCUT2D eigenvalue weighted by atomic mass is 10.2. The number of rotatable bonds is 3. The number of aromatic hydroxyl groups is 1. The van der Waals surface area contributed by atoms with Crippen molar-refractivity contribution in [1.29, 1.82) is 0 Å². The number of hydrogen-bond donors (Lipinski definition) is 1. The van der Waals surface area contributed by atoms with Gasteiger partial charge in [0.25, 0.3) is 0 Å². The Labute approximate surface area is 154 Å². The van der Waals surface area contributed by atoms with E-state index in [1.807, 2.05) is 18.2 Å². The minimum atomic E-state index is 0.154. The standard InChI is InChI=1S/C20H17N5O2/c1-12-13(2)24(10-14-6-5-9-27-14)19-17(12)20-22-18(23-25(20)11-21-19)15-7-3-4-8-16(15)26/h3-9,11,26H,10H2,1-2H3. The molecule has 0 aliphatic heterocycles. The molecule has 0 unspecified atom stereocenters. The lowest BCUT2D eigenvalue weighted by Gasteiger charge is -2.05. The predicted octanol–water partition coefficient (Wildman–Crippen LogP) is 3.71. The van der Waals surface area contributed by atoms with E-state index in [0.717, 1.165) is 33.7 Å². The third kappa shape index (κ3) is 2.32. The Kier molecular flexibility index (Phi) is 3.30. The van der Waals surface area contributed by atoms with Gasteiger partial charge in [-0.1, -0.05) is 12.1 Å². The van der Waals surface area contributed by atoms with E-state index in [2.05, 4.69) is 28.5 Å². The first-order valence-corrected chi connectivity index (χ1v) is 8.65. The minimum absolute atomic E-state index is 0.154. The lowest BCUT2D eigenvalue weighted by Crippen LogP contribution is -2.02. The van der Waals surface area contributed by atoms with Gasteiger partial charge in [0.05, 0.1) is 23.8 Å². The average molecular weight is 359 g/mol. The SMILES string of the molecule is Cc1c(C)n(Cc2ccco2)c2ncn3nc(-c4ccccc4O)nc3c12. The highest BCUT2D eigenvalue weighted by atomic mass is 16.3. The zero-order valence-corrected chi connectivity index (χ0v) is 14.9. The van der Waals surface area contributed by atoms with Gasteiger partial charge in [-0.3, -0.25) is 0 Å². The molecule has 0 spiro atoms. The van der Waals surface area contributed by atoms with Crippen molar-refractivity contribution in [2.24, 2.45) is 0 Å². The van der Waals surface area contributed by atoms with Crippen molar-refractivity contribution in [2.75, 3.05) is 0 Å². The maximum Gasteiger partial charge on any atom is 0.185 e. The number of fused-ring (bicyclic) bond motifs is 3. The van der Waals surface area contributed by atoms with Crippen molar-refractivity contribution in [2.45, 2.75) is 20.4 Å². The summed E-state index contributed by atoms with van der Waals surface area (Å²) in [6, 6.07) is 10.9. The van der Waals surface area contributed by atoms with Gasteiger partial charge < -0.3 is 14.1 Å². The molecule has 134 valence electrons. The largest absolute Gasteiger partial charge is 0.507 e. The summed E-state index contributed by atoms with van der Waals surface area (Å²) in [5.74, 6) is 1.49. The van der Waals surface area contributed by atoms with E-state index in [-0.39, 0.29) is 5.75 Å². The van der Waals surface area contributed by atoms with Crippen LogP contribution < -0.4 is 0 Å². The van der Waals surface area contributed by atoms with Crippen LogP contribution in [0.4, 0.5) is 0 Å². The van der Waals surface area contributed by atoms with Crippen LogP contribution in [0.2, 0.25) is 0 Å². The van der Waals surface area contributed by atoms with Crippen molar-refractivity contribution >= 4 is 16.7 Å². The molecule has 0 aliphatic carbocycles. The van der Waals surface area contributed by atoms with Gasteiger partial charge >= 0.3 is 0 Å². The number of aryl methyl sites for hydroxylation is 1. The topological polar surface area (TPSA) is 81.4 Å². The van der Waals surface area contributed by atoms with Crippen LogP contribution in [0.3, 0.4) is 0 Å². The maximum absolute atomic E-state index is 10.1. The smallest absolute Gasteiger partial charge is 0.185 e. The summed E-state index contributed by atoms with van der Waals surface area (Å²) < 4.78 is 9.29. The van der Waals surface area contributed by atoms with E-state index in [1.165, 1.54) is 0 Å². The van der Waals surface area contributed by atoms with E-state index in [1.54, 1.807) is 35.3 Å². The predicted molar refractivity (Wildman–Crippen MR) is 101 cm³/mol. The molecular formula is C20H17N5O2. The molecule has 0 radical (unpaired) electrons. The van der Waals surface area contributed by atoms with Gasteiger partial charge in [0.1, 0.15) is 23.5 Å². The zero-order chi connectivity index (χ0) is 18.5. The van der Waals surface area contributed by atoms with Gasteiger partial charge in [0, 0.05) is 5.69 Å². The Balaban J connectivity index is 1.74. The van der Waals surface area contributed by atoms with Gasteiger partial charge in [-0.15, -0.1) is 5.10 Å². The van der Waals surface area contributed by atoms with E-state index in [4.69, 9.17) is 9.40 Å². The number of furan rings is 1. The third-order valence-electron chi connectivity index (χ3n) is 4.99. The molecule has 0 fully saturated rings. The third-order valence-corrected chi connectivity index (χ3v) is 4.99. The maximum atomic E-state index is 10.1. The average Bonchev–Trinajstić information content (AvgIpc) is 3.38. The first kappa shape index (κ1) is 15.6. The summed E-state index contributed by atoms with van der Waals surface area (Å²) >= 11 is 0. The number of phenols is 1. The first-order valence-electron chi connectivity index (χ1n) is 8.65. The normalized spacial score (nSPS) is 11.6. The van der Waals surface area contributed by atoms with Crippen LogP contribution in [-0.4, -0.2) is 29.3 Å². The fraction of sp³-hybridized carbons (Fsp3) is 0.150. The van der Waals surface area contributed by atoms with Crippen LogP contribution in [0.5, 0.6) is 5.75 Å². The fourth-order valence-corrected chi connectivity index (χ4v) is 3.46. The highest BCUT2D eigenvalue weighted by molar-refractivity contribution is 5.94. The van der Waals surface area contributed by atoms with E-state index in [0.29, 0.717) is 17.9 Å². The van der Waals surface area contributed by atoms with Gasteiger partial charge in [-0.05, 0) is 43.7 Å². The van der Waals surface area contributed by atoms with Crippen molar-refractivity contribution in [1.82, 2.24) is 24.1 Å². The van der Waals surface area contributed by atoms with Gasteiger partial charge in [0.2, 0.25) is 0 Å². The minimum Gasteiger partial charge on any atom is -0.507 e. The molecule has 27 heavy (non-hydrogen) atoms. The Bertz CT molecular complexity index is 1280. The fourth-order valence-electron chi connectivity index (χ4n) is 3.46. The van der Waals surface area contributed by atoms with Crippen molar-refractivity contribution < 1.29 is 9.52 Å². The van der Waals surface area contributed by atoms with Crippen LogP contribution in [-0.2, 0) is 6.54 Å². The molecule has 0 bridgehead atoms. The number of benzene rings is 1. The summed E-state index contributed by atoms with van der Waals surface area (Å²) in [6.07, 6.45) is 3.33. The van der Waals surface area contributed by atoms with Gasteiger partial charge in [0.15, 0.2) is 11.5 Å². The molecule has 7 nitrogen and oxygen atoms in total. The number of phenolic OH excluding ortho intramolecular Hbond substituents is 1. The summed E-state index contributed by atoms with van der Waals surface area (Å²) in [5.41, 5.74) is 4.36. The Morgan fingerprint density at radius 3 is 2.70 bits per heavy atom. The van der Waals surface area contributed by atoms with Crippen LogP contribution in [0.25, 0.3) is 28.1 Å². The van der Waals surface area contributed by atoms with Crippen LogP contribution in [0, 0.1) is 13.8 Å². The molecule has 4 heterocycles. The molecule has 0 atom stereocenters. The van der Waals surface area contributed by atoms with E-state index < -0.39 is 0 Å². The molecule has 4 aromatic heterocycles. The monoisotopic (exact) mass is 359 g/mol. The lowest BCUT2D eigenvalue weighted by molar-refractivity contribution is 0.477. The second kappa shape index (κ2) is 5.70. The highest BCUT2D eigenvalue weighted by Gasteiger charge is 2.19. The van der Waals surface area contributed by atoms with Crippen molar-refractivity contribution in [3.8, 4) is 17.1 Å². The second-order valence-electron chi connectivity index (χ2n) is 6.54. The van der Waals surface area contributed by atoms with Crippen LogP contribution in [0.15, 0.2) is 53.4 Å². The molecule has 0 saturated heterocycles. The summed E-state index contributed by atoms with van der Waals surface area (Å²) in [6.45, 7) is 4.73. The van der Waals surface area contributed by atoms with Gasteiger partial charge in [-0.2, -0.15) is 0 Å². The number of para-hydroxylation sites is 1. The zero-order valence-electron chi connectivity index (χ0n) is 14.9. The molecule has 7 heteroatoms. The second-order valence-corrected chi connectivity index (χ2v) is 6.54.